The Morgan fingerprint density at radius 1 is 1.03 bits per heavy atom. The molecule has 1 atom stereocenters. The van der Waals surface area contributed by atoms with Crippen molar-refractivity contribution in [2.45, 2.75) is 30.3 Å². The summed E-state index contributed by atoms with van der Waals surface area (Å²) in [7, 11) is -2.46. The highest BCUT2D eigenvalue weighted by Gasteiger charge is 2.28. The van der Waals surface area contributed by atoms with E-state index in [4.69, 9.17) is 4.74 Å². The summed E-state index contributed by atoms with van der Waals surface area (Å²) in [4.78, 5) is 24.7. The molecule has 0 aromatic heterocycles. The van der Waals surface area contributed by atoms with Crippen molar-refractivity contribution in [2.24, 2.45) is 0 Å². The van der Waals surface area contributed by atoms with Crippen molar-refractivity contribution in [3.8, 4) is 5.75 Å². The van der Waals surface area contributed by atoms with E-state index >= 15 is 0 Å². The molecule has 0 spiro atoms. The van der Waals surface area contributed by atoms with Gasteiger partial charge in [0, 0.05) is 18.7 Å². The number of benzene rings is 3. The fourth-order valence-electron chi connectivity index (χ4n) is 3.70. The van der Waals surface area contributed by atoms with Gasteiger partial charge in [-0.15, -0.1) is 0 Å². The number of sulfonamides is 1. The van der Waals surface area contributed by atoms with Crippen molar-refractivity contribution in [3.63, 3.8) is 0 Å². The van der Waals surface area contributed by atoms with Gasteiger partial charge in [0.2, 0.25) is 21.8 Å². The number of methoxy groups -OCH3 is 1. The van der Waals surface area contributed by atoms with E-state index in [-0.39, 0.29) is 17.3 Å². The molecule has 9 heteroatoms. The van der Waals surface area contributed by atoms with Gasteiger partial charge in [-0.1, -0.05) is 42.5 Å². The van der Waals surface area contributed by atoms with Crippen molar-refractivity contribution in [1.29, 1.82) is 0 Å². The Bertz CT molecular complexity index is 1290. The predicted molar refractivity (Wildman–Crippen MR) is 128 cm³/mol. The summed E-state index contributed by atoms with van der Waals surface area (Å²) in [6.07, 6.45) is 0.749. The van der Waals surface area contributed by atoms with Gasteiger partial charge in [0.25, 0.3) is 0 Å². The van der Waals surface area contributed by atoms with E-state index in [1.807, 2.05) is 12.1 Å². The third-order valence-electron chi connectivity index (χ3n) is 5.58. The molecule has 8 nitrogen and oxygen atoms in total. The van der Waals surface area contributed by atoms with Crippen LogP contribution in [-0.4, -0.2) is 27.3 Å². The van der Waals surface area contributed by atoms with Gasteiger partial charge in [-0.2, -0.15) is 4.72 Å². The van der Waals surface area contributed by atoms with Crippen LogP contribution in [0.4, 0.5) is 5.69 Å². The lowest BCUT2D eigenvalue weighted by molar-refractivity contribution is -0.123. The first-order valence-electron chi connectivity index (χ1n) is 10.8. The first kappa shape index (κ1) is 23.5. The molecule has 0 saturated carbocycles. The normalized spacial score (nSPS) is 14.0. The standard InChI is InChI=1S/C25H25N3O5S/c1-33-20-10-7-17(8-11-20)16-26-25(30)24(18-5-3-2-4-6-18)28-34(31,32)21-12-13-22-19(15-21)9-14-23(29)27-22/h2-8,10-13,15,24,28H,9,14,16H2,1H3,(H,26,30)(H,27,29)/t24-/m1/s1. The van der Waals surface area contributed by atoms with Crippen LogP contribution in [0.5, 0.6) is 5.75 Å². The molecular formula is C25H25N3O5S. The molecule has 0 saturated heterocycles. The average Bonchev–Trinajstić information content (AvgIpc) is 2.86. The van der Waals surface area contributed by atoms with E-state index in [9.17, 15) is 18.0 Å². The molecule has 3 aromatic rings. The monoisotopic (exact) mass is 479 g/mol. The van der Waals surface area contributed by atoms with Crippen LogP contribution in [-0.2, 0) is 32.6 Å². The number of rotatable bonds is 8. The Kier molecular flexibility index (Phi) is 6.95. The van der Waals surface area contributed by atoms with Crippen molar-refractivity contribution in [3.05, 3.63) is 89.5 Å². The maximum atomic E-state index is 13.2. The lowest BCUT2D eigenvalue weighted by Gasteiger charge is -2.21. The predicted octanol–water partition coefficient (Wildman–Crippen LogP) is 2.92. The summed E-state index contributed by atoms with van der Waals surface area (Å²) >= 11 is 0. The number of aryl methyl sites for hydroxylation is 1. The molecule has 4 rings (SSSR count). The molecule has 34 heavy (non-hydrogen) atoms. The minimum Gasteiger partial charge on any atom is -0.497 e. The van der Waals surface area contributed by atoms with E-state index in [2.05, 4.69) is 15.4 Å². The van der Waals surface area contributed by atoms with Crippen LogP contribution in [0.3, 0.4) is 0 Å². The highest BCUT2D eigenvalue weighted by Crippen LogP contribution is 2.26. The fraction of sp³-hybridized carbons (Fsp3) is 0.200. The highest BCUT2D eigenvalue weighted by atomic mass is 32.2. The first-order valence-corrected chi connectivity index (χ1v) is 12.2. The number of hydrogen-bond donors (Lipinski definition) is 3. The number of anilines is 1. The minimum atomic E-state index is -4.03. The topological polar surface area (TPSA) is 114 Å². The molecule has 0 unspecified atom stereocenters. The fourth-order valence-corrected chi connectivity index (χ4v) is 4.94. The van der Waals surface area contributed by atoms with Crippen molar-refractivity contribution < 1.29 is 22.7 Å². The highest BCUT2D eigenvalue weighted by molar-refractivity contribution is 7.89. The van der Waals surface area contributed by atoms with Crippen LogP contribution in [0.25, 0.3) is 0 Å². The van der Waals surface area contributed by atoms with Crippen molar-refractivity contribution >= 4 is 27.5 Å². The van der Waals surface area contributed by atoms with E-state index in [0.717, 1.165) is 11.1 Å². The maximum absolute atomic E-state index is 13.2. The lowest BCUT2D eigenvalue weighted by Crippen LogP contribution is -2.40. The molecule has 1 aliphatic rings. The Morgan fingerprint density at radius 3 is 2.47 bits per heavy atom. The molecule has 3 N–H and O–H groups in total. The summed E-state index contributed by atoms with van der Waals surface area (Å²) in [5.41, 5.74) is 2.71. The first-order chi connectivity index (χ1) is 16.4. The van der Waals surface area contributed by atoms with Crippen LogP contribution in [0.15, 0.2) is 77.7 Å². The smallest absolute Gasteiger partial charge is 0.243 e. The van der Waals surface area contributed by atoms with E-state index in [1.165, 1.54) is 12.1 Å². The maximum Gasteiger partial charge on any atom is 0.243 e. The van der Waals surface area contributed by atoms with Gasteiger partial charge in [-0.05, 0) is 53.4 Å². The zero-order valence-corrected chi connectivity index (χ0v) is 19.4. The Morgan fingerprint density at radius 2 is 1.76 bits per heavy atom. The number of carbonyl (C=O) groups excluding carboxylic acids is 2. The van der Waals surface area contributed by atoms with Gasteiger partial charge in [-0.25, -0.2) is 8.42 Å². The third kappa shape index (κ3) is 5.44. The van der Waals surface area contributed by atoms with Gasteiger partial charge in [-0.3, -0.25) is 9.59 Å². The zero-order chi connectivity index (χ0) is 24.1. The molecule has 0 radical (unpaired) electrons. The van der Waals surface area contributed by atoms with Crippen LogP contribution in [0.1, 0.15) is 29.2 Å². The van der Waals surface area contributed by atoms with Gasteiger partial charge < -0.3 is 15.4 Å². The quantitative estimate of drug-likeness (QED) is 0.460. The molecule has 1 heterocycles. The summed E-state index contributed by atoms with van der Waals surface area (Å²) in [5.74, 6) is 0.129. The van der Waals surface area contributed by atoms with Crippen LogP contribution in [0, 0.1) is 0 Å². The van der Waals surface area contributed by atoms with Crippen LogP contribution < -0.4 is 20.1 Å². The molecule has 1 aliphatic heterocycles. The van der Waals surface area contributed by atoms with Crippen molar-refractivity contribution in [1.82, 2.24) is 10.0 Å². The SMILES string of the molecule is COc1ccc(CNC(=O)[C@H](NS(=O)(=O)c2ccc3c(c2)CCC(=O)N3)c2ccccc2)cc1. The van der Waals surface area contributed by atoms with Gasteiger partial charge in [0.15, 0.2) is 0 Å². The average molecular weight is 480 g/mol. The number of hydrogen-bond acceptors (Lipinski definition) is 5. The minimum absolute atomic E-state index is 0.0336. The van der Waals surface area contributed by atoms with Gasteiger partial charge >= 0.3 is 0 Å². The second-order valence-electron chi connectivity index (χ2n) is 7.90. The summed E-state index contributed by atoms with van der Waals surface area (Å²) < 4.78 is 34.1. The molecule has 0 bridgehead atoms. The van der Waals surface area contributed by atoms with Gasteiger partial charge in [0.05, 0.1) is 12.0 Å². The number of carbonyl (C=O) groups is 2. The molecule has 2 amide bonds. The third-order valence-corrected chi connectivity index (χ3v) is 7.00. The second kappa shape index (κ2) is 10.1. The van der Waals surface area contributed by atoms with E-state index in [1.54, 1.807) is 55.6 Å². The van der Waals surface area contributed by atoms with E-state index in [0.29, 0.717) is 29.8 Å². The second-order valence-corrected chi connectivity index (χ2v) is 9.61. The Balaban J connectivity index is 1.55. The molecular weight excluding hydrogens is 454 g/mol. The largest absolute Gasteiger partial charge is 0.497 e. The van der Waals surface area contributed by atoms with Crippen LogP contribution in [0.2, 0.25) is 0 Å². The number of fused-ring (bicyclic) bond motifs is 1. The summed E-state index contributed by atoms with van der Waals surface area (Å²) in [5, 5.41) is 5.55. The van der Waals surface area contributed by atoms with Crippen LogP contribution >= 0.6 is 0 Å². The van der Waals surface area contributed by atoms with E-state index < -0.39 is 22.0 Å². The molecule has 176 valence electrons. The molecule has 0 fully saturated rings. The summed E-state index contributed by atoms with van der Waals surface area (Å²) in [6.45, 7) is 0.229. The van der Waals surface area contributed by atoms with Crippen molar-refractivity contribution in [2.75, 3.05) is 12.4 Å². The lowest BCUT2D eigenvalue weighted by atomic mass is 10.0. The number of nitrogens with one attached hydrogen (secondary N) is 3. The summed E-state index contributed by atoms with van der Waals surface area (Å²) in [6, 6.07) is 19.3. The number of ether oxygens (including phenoxy) is 1. The number of amides is 2. The van der Waals surface area contributed by atoms with Gasteiger partial charge in [0.1, 0.15) is 11.8 Å². The Hall–Kier alpha value is -3.69. The Labute approximate surface area is 198 Å². The molecule has 3 aromatic carbocycles. The molecule has 0 aliphatic carbocycles. The zero-order valence-electron chi connectivity index (χ0n) is 18.6.